The number of fused-ring (bicyclic) bond motifs is 5. The highest BCUT2D eigenvalue weighted by molar-refractivity contribution is 5.91. The van der Waals surface area contributed by atoms with Crippen LogP contribution in [-0.2, 0) is 19.1 Å². The van der Waals surface area contributed by atoms with Crippen LogP contribution in [0.3, 0.4) is 0 Å². The van der Waals surface area contributed by atoms with Gasteiger partial charge in [-0.05, 0) is 112 Å². The SMILES string of the molecule is CCCCCCCCCCCCCCCCCC[N+](C)(CCCCCCCCCCCCCCCCCC)CCNC(=O)CCC(=O)O[C@@H](C)[C@H]1CCC2C3CCC4=CC(=O)CC[C@]4(C)C3CC[C@@]21C. The number of ether oxygens (including phenoxy) is 1. The van der Waals surface area contributed by atoms with Crippen molar-refractivity contribution in [3.8, 4) is 0 Å². The molecule has 6 nitrogen and oxygen atoms in total. The largest absolute Gasteiger partial charge is 0.462 e. The number of carbonyl (C=O) groups excluding carboxylic acids is 3. The van der Waals surface area contributed by atoms with E-state index in [-0.39, 0.29) is 41.7 Å². The zero-order valence-electron chi connectivity index (χ0n) is 47.6. The van der Waals surface area contributed by atoms with Gasteiger partial charge in [0.05, 0.1) is 39.6 Å². The lowest BCUT2D eigenvalue weighted by Crippen LogP contribution is -2.51. The van der Waals surface area contributed by atoms with Crippen molar-refractivity contribution in [1.29, 1.82) is 0 Å². The third kappa shape index (κ3) is 21.6. The molecule has 0 aromatic heterocycles. The van der Waals surface area contributed by atoms with Gasteiger partial charge in [0.25, 0.3) is 0 Å². The molecule has 1 N–H and O–H groups in total. The van der Waals surface area contributed by atoms with Crippen molar-refractivity contribution in [2.24, 2.45) is 34.5 Å². The summed E-state index contributed by atoms with van der Waals surface area (Å²) in [6.07, 6.45) is 55.7. The van der Waals surface area contributed by atoms with Gasteiger partial charge in [0.1, 0.15) is 6.10 Å². The Morgan fingerprint density at radius 3 is 1.51 bits per heavy atom. The van der Waals surface area contributed by atoms with Gasteiger partial charge >= 0.3 is 5.97 Å². The lowest BCUT2D eigenvalue weighted by atomic mass is 9.46. The van der Waals surface area contributed by atoms with Crippen LogP contribution in [0.2, 0.25) is 0 Å². The van der Waals surface area contributed by atoms with E-state index >= 15 is 0 Å². The van der Waals surface area contributed by atoms with E-state index in [1.807, 2.05) is 6.08 Å². The summed E-state index contributed by atoms with van der Waals surface area (Å²) < 4.78 is 7.22. The summed E-state index contributed by atoms with van der Waals surface area (Å²) in [6, 6.07) is 0. The molecule has 1 amide bonds. The standard InChI is InChI=1S/C64H116N2O4/c1-7-9-11-13-15-17-19-21-23-25-27-29-31-33-35-37-50-66(6,51-38-36-34-32-30-28-26-24-22-20-18-16-14-12-10-8-2)52-49-65-61(68)43-44-62(69)70-54(3)58-41-42-59-57-40-39-55-53-56(67)45-47-63(55,4)60(57)46-48-64(58,59)5/h53-54,57-60H,7-52H2,1-6H3/p+1/t54-,57?,58+,59?,60?,63-,64+/m0/s1. The number of quaternary nitrogens is 1. The highest BCUT2D eigenvalue weighted by Gasteiger charge is 2.60. The average molecular weight is 979 g/mol. The molecule has 4 aliphatic carbocycles. The van der Waals surface area contributed by atoms with E-state index in [1.54, 1.807) is 0 Å². The molecular weight excluding hydrogens is 861 g/mol. The van der Waals surface area contributed by atoms with Gasteiger partial charge in [-0.3, -0.25) is 14.4 Å². The molecule has 4 rings (SSSR count). The Morgan fingerprint density at radius 2 is 1.04 bits per heavy atom. The third-order valence-corrected chi connectivity index (χ3v) is 19.6. The van der Waals surface area contributed by atoms with Crippen molar-refractivity contribution in [3.63, 3.8) is 0 Å². The number of nitrogens with one attached hydrogen (secondary N) is 1. The Kier molecular flexibility index (Phi) is 30.2. The minimum Gasteiger partial charge on any atom is -0.462 e. The van der Waals surface area contributed by atoms with Crippen LogP contribution in [0.1, 0.15) is 304 Å². The number of rotatable bonds is 42. The van der Waals surface area contributed by atoms with Crippen molar-refractivity contribution >= 4 is 17.7 Å². The lowest BCUT2D eigenvalue weighted by molar-refractivity contribution is -0.908. The first-order valence-corrected chi connectivity index (χ1v) is 31.5. The molecule has 4 aliphatic rings. The normalized spacial score (nSPS) is 24.7. The zero-order valence-corrected chi connectivity index (χ0v) is 47.6. The Bertz CT molecular complexity index is 1420. The number of ketones is 1. The summed E-state index contributed by atoms with van der Waals surface area (Å²) in [6.45, 7) is 15.7. The monoisotopic (exact) mass is 978 g/mol. The highest BCUT2D eigenvalue weighted by Crippen LogP contribution is 2.67. The van der Waals surface area contributed by atoms with Gasteiger partial charge in [-0.1, -0.05) is 213 Å². The summed E-state index contributed by atoms with van der Waals surface area (Å²) in [5.74, 6) is 2.50. The number of hydrogen-bond donors (Lipinski definition) is 1. The van der Waals surface area contributed by atoms with Gasteiger partial charge in [0.15, 0.2) is 5.78 Å². The number of carbonyl (C=O) groups is 3. The topological polar surface area (TPSA) is 72.5 Å². The van der Waals surface area contributed by atoms with Crippen molar-refractivity contribution in [2.75, 3.05) is 33.2 Å². The van der Waals surface area contributed by atoms with Gasteiger partial charge in [0.2, 0.25) is 5.91 Å². The molecule has 0 aliphatic heterocycles. The molecular formula is C64H117N2O4+. The number of amides is 1. The predicted octanol–water partition coefficient (Wildman–Crippen LogP) is 17.9. The van der Waals surface area contributed by atoms with E-state index in [2.05, 4.69) is 47.0 Å². The fraction of sp³-hybridized carbons (Fsp3) is 0.922. The van der Waals surface area contributed by atoms with Crippen LogP contribution in [0.25, 0.3) is 0 Å². The summed E-state index contributed by atoms with van der Waals surface area (Å²) >= 11 is 0. The van der Waals surface area contributed by atoms with E-state index in [4.69, 9.17) is 4.74 Å². The Balaban J connectivity index is 1.11. The summed E-state index contributed by atoms with van der Waals surface area (Å²) in [4.78, 5) is 38.8. The van der Waals surface area contributed by atoms with Crippen molar-refractivity contribution in [3.05, 3.63) is 11.6 Å². The fourth-order valence-electron chi connectivity index (χ4n) is 14.9. The first kappa shape index (κ1) is 60.9. The molecule has 0 radical (unpaired) electrons. The molecule has 0 bridgehead atoms. The van der Waals surface area contributed by atoms with Crippen LogP contribution in [0.4, 0.5) is 0 Å². The van der Waals surface area contributed by atoms with Gasteiger partial charge in [0, 0.05) is 18.8 Å². The maximum absolute atomic E-state index is 13.3. The van der Waals surface area contributed by atoms with E-state index in [0.717, 1.165) is 30.3 Å². The molecule has 3 saturated carbocycles. The summed E-state index contributed by atoms with van der Waals surface area (Å²) in [5, 5.41) is 3.22. The molecule has 0 heterocycles. The fourth-order valence-corrected chi connectivity index (χ4v) is 14.9. The molecule has 0 spiro atoms. The van der Waals surface area contributed by atoms with Gasteiger partial charge in [-0.2, -0.15) is 0 Å². The second-order valence-electron chi connectivity index (χ2n) is 25.1. The Hall–Kier alpha value is -1.69. The van der Waals surface area contributed by atoms with Crippen LogP contribution in [0.15, 0.2) is 11.6 Å². The lowest BCUT2D eigenvalue weighted by Gasteiger charge is -2.58. The number of unbranched alkanes of at least 4 members (excludes halogenated alkanes) is 30. The molecule has 3 fully saturated rings. The van der Waals surface area contributed by atoms with Crippen molar-refractivity contribution in [2.45, 2.75) is 310 Å². The van der Waals surface area contributed by atoms with Crippen molar-refractivity contribution in [1.82, 2.24) is 5.32 Å². The van der Waals surface area contributed by atoms with Crippen LogP contribution in [0.5, 0.6) is 0 Å². The third-order valence-electron chi connectivity index (χ3n) is 19.6. The van der Waals surface area contributed by atoms with Gasteiger partial charge < -0.3 is 14.5 Å². The van der Waals surface area contributed by atoms with E-state index in [1.165, 1.54) is 250 Å². The molecule has 0 aromatic rings. The molecule has 3 unspecified atom stereocenters. The second kappa shape index (κ2) is 34.7. The molecule has 7 atom stereocenters. The van der Waals surface area contributed by atoms with Gasteiger partial charge in [-0.15, -0.1) is 0 Å². The number of esters is 1. The number of hydrogen-bond acceptors (Lipinski definition) is 4. The quantitative estimate of drug-likeness (QED) is 0.0376. The summed E-state index contributed by atoms with van der Waals surface area (Å²) in [7, 11) is 2.43. The number of likely N-dealkylation sites (N-methyl/N-ethyl adjacent to an activating group) is 1. The number of nitrogens with zero attached hydrogens (tertiary/aromatic N) is 1. The molecule has 70 heavy (non-hydrogen) atoms. The molecule has 0 aromatic carbocycles. The maximum atomic E-state index is 13.3. The molecule has 6 heteroatoms. The van der Waals surface area contributed by atoms with Crippen LogP contribution < -0.4 is 5.32 Å². The minimum absolute atomic E-state index is 0.0178. The van der Waals surface area contributed by atoms with E-state index < -0.39 is 0 Å². The van der Waals surface area contributed by atoms with Gasteiger partial charge in [-0.25, -0.2) is 0 Å². The highest BCUT2D eigenvalue weighted by atomic mass is 16.5. The Labute approximate surface area is 434 Å². The smallest absolute Gasteiger partial charge is 0.306 e. The van der Waals surface area contributed by atoms with Crippen LogP contribution in [-0.4, -0.2) is 61.5 Å². The van der Waals surface area contributed by atoms with E-state index in [0.29, 0.717) is 42.4 Å². The first-order valence-electron chi connectivity index (χ1n) is 31.5. The predicted molar refractivity (Wildman–Crippen MR) is 298 cm³/mol. The van der Waals surface area contributed by atoms with E-state index in [9.17, 15) is 14.4 Å². The van der Waals surface area contributed by atoms with Crippen molar-refractivity contribution < 1.29 is 23.6 Å². The minimum atomic E-state index is -0.220. The maximum Gasteiger partial charge on any atom is 0.306 e. The molecule has 406 valence electrons. The average Bonchev–Trinajstić information content (AvgIpc) is 3.71. The second-order valence-corrected chi connectivity index (χ2v) is 25.1. The Morgan fingerprint density at radius 1 is 0.586 bits per heavy atom. The van der Waals surface area contributed by atoms with Crippen LogP contribution in [0, 0.1) is 34.5 Å². The summed E-state index contributed by atoms with van der Waals surface area (Å²) in [5.41, 5.74) is 1.80. The number of allylic oxidation sites excluding steroid dienone is 1. The first-order chi connectivity index (χ1) is 34.0. The van der Waals surface area contributed by atoms with Crippen LogP contribution >= 0.6 is 0 Å². The zero-order chi connectivity index (χ0) is 50.3. The molecule has 0 saturated heterocycles.